The minimum absolute atomic E-state index is 0.307. The van der Waals surface area contributed by atoms with E-state index in [0.29, 0.717) is 11.9 Å². The van der Waals surface area contributed by atoms with Crippen molar-refractivity contribution in [2.24, 2.45) is 0 Å². The second kappa shape index (κ2) is 4.49. The number of hydrogen-bond acceptors (Lipinski definition) is 2. The highest BCUT2D eigenvalue weighted by Gasteiger charge is 2.09. The number of aromatic nitrogens is 4. The minimum Gasteiger partial charge on any atom is -0.329 e. The molecule has 15 heavy (non-hydrogen) atoms. The van der Waals surface area contributed by atoms with E-state index in [4.69, 9.17) is 11.6 Å². The summed E-state index contributed by atoms with van der Waals surface area (Å²) in [4.78, 5) is 4.09. The molecule has 0 spiro atoms. The van der Waals surface area contributed by atoms with Crippen molar-refractivity contribution < 1.29 is 0 Å². The molecule has 0 fully saturated rings. The Balaban J connectivity index is 2.11. The van der Waals surface area contributed by atoms with Gasteiger partial charge in [-0.3, -0.25) is 4.68 Å². The van der Waals surface area contributed by atoms with Crippen molar-refractivity contribution >= 4 is 11.6 Å². The molecule has 1 unspecified atom stereocenters. The van der Waals surface area contributed by atoms with Gasteiger partial charge in [-0.05, 0) is 13.0 Å². The molecule has 0 amide bonds. The fourth-order valence-electron chi connectivity index (χ4n) is 1.60. The van der Waals surface area contributed by atoms with Gasteiger partial charge in [-0.15, -0.1) is 11.6 Å². The number of alkyl halides is 1. The maximum atomic E-state index is 5.82. The van der Waals surface area contributed by atoms with E-state index in [2.05, 4.69) is 21.6 Å². The van der Waals surface area contributed by atoms with Crippen LogP contribution in [-0.4, -0.2) is 19.3 Å². The van der Waals surface area contributed by atoms with E-state index in [1.54, 1.807) is 12.4 Å². The fraction of sp³-hybridized carbons (Fsp3) is 0.400. The highest BCUT2D eigenvalue weighted by atomic mass is 35.5. The van der Waals surface area contributed by atoms with Crippen molar-refractivity contribution in [3.05, 3.63) is 36.7 Å². The van der Waals surface area contributed by atoms with Crippen molar-refractivity contribution in [2.75, 3.05) is 0 Å². The van der Waals surface area contributed by atoms with Crippen molar-refractivity contribution in [3.63, 3.8) is 0 Å². The Morgan fingerprint density at radius 1 is 1.53 bits per heavy atom. The summed E-state index contributed by atoms with van der Waals surface area (Å²) >= 11 is 5.82. The van der Waals surface area contributed by atoms with Gasteiger partial charge >= 0.3 is 0 Å². The lowest BCUT2D eigenvalue weighted by molar-refractivity contribution is 0.430. The lowest BCUT2D eigenvalue weighted by Gasteiger charge is -2.15. The van der Waals surface area contributed by atoms with Gasteiger partial charge in [-0.1, -0.05) is 0 Å². The molecule has 1 atom stereocenters. The SMILES string of the molecule is CC(Cn1cccn1)n1cncc1CCl. The van der Waals surface area contributed by atoms with E-state index in [1.165, 1.54) is 0 Å². The van der Waals surface area contributed by atoms with Gasteiger partial charge in [0.15, 0.2) is 0 Å². The Hall–Kier alpha value is -1.29. The summed E-state index contributed by atoms with van der Waals surface area (Å²) in [6.45, 7) is 2.95. The third-order valence-corrected chi connectivity index (χ3v) is 2.64. The van der Waals surface area contributed by atoms with Gasteiger partial charge in [-0.2, -0.15) is 5.10 Å². The zero-order valence-electron chi connectivity index (χ0n) is 8.55. The summed E-state index contributed by atoms with van der Waals surface area (Å²) in [5.74, 6) is 0.490. The number of hydrogen-bond donors (Lipinski definition) is 0. The molecule has 0 aliphatic heterocycles. The summed E-state index contributed by atoms with van der Waals surface area (Å²) in [6.07, 6.45) is 7.34. The summed E-state index contributed by atoms with van der Waals surface area (Å²) in [5.41, 5.74) is 1.04. The van der Waals surface area contributed by atoms with Gasteiger partial charge in [0.2, 0.25) is 0 Å². The van der Waals surface area contributed by atoms with Crippen molar-refractivity contribution in [1.82, 2.24) is 19.3 Å². The standard InChI is InChI=1S/C10H13ClN4/c1-9(7-14-4-2-3-13-14)15-8-12-6-10(15)5-11/h2-4,6,8-9H,5,7H2,1H3. The van der Waals surface area contributed by atoms with Crippen molar-refractivity contribution in [3.8, 4) is 0 Å². The highest BCUT2D eigenvalue weighted by Crippen LogP contribution is 2.13. The van der Waals surface area contributed by atoms with Gasteiger partial charge in [0, 0.05) is 18.6 Å². The molecule has 0 radical (unpaired) electrons. The largest absolute Gasteiger partial charge is 0.329 e. The van der Waals surface area contributed by atoms with Crippen LogP contribution in [-0.2, 0) is 12.4 Å². The third kappa shape index (κ3) is 2.21. The Morgan fingerprint density at radius 3 is 3.07 bits per heavy atom. The van der Waals surface area contributed by atoms with Crippen molar-refractivity contribution in [1.29, 1.82) is 0 Å². The lowest BCUT2D eigenvalue weighted by atomic mass is 10.3. The first-order valence-corrected chi connectivity index (χ1v) is 5.39. The minimum atomic E-state index is 0.307. The summed E-state index contributed by atoms with van der Waals surface area (Å²) in [7, 11) is 0. The van der Waals surface area contributed by atoms with Crippen LogP contribution in [0.2, 0.25) is 0 Å². The molecule has 5 heteroatoms. The van der Waals surface area contributed by atoms with Gasteiger partial charge in [0.05, 0.1) is 30.5 Å². The average molecular weight is 225 g/mol. The van der Waals surface area contributed by atoms with E-state index in [9.17, 15) is 0 Å². The Bertz CT molecular complexity index is 407. The zero-order valence-corrected chi connectivity index (χ0v) is 9.30. The normalized spacial score (nSPS) is 12.9. The molecule has 0 aliphatic rings. The molecule has 2 rings (SSSR count). The van der Waals surface area contributed by atoms with Crippen LogP contribution < -0.4 is 0 Å². The predicted molar refractivity (Wildman–Crippen MR) is 58.7 cm³/mol. The lowest BCUT2D eigenvalue weighted by Crippen LogP contribution is -2.14. The maximum Gasteiger partial charge on any atom is 0.0951 e. The summed E-state index contributed by atoms with van der Waals surface area (Å²) < 4.78 is 3.98. The predicted octanol–water partition coefficient (Wildman–Crippen LogP) is 2.08. The molecule has 4 nitrogen and oxygen atoms in total. The van der Waals surface area contributed by atoms with E-state index in [1.807, 2.05) is 23.3 Å². The fourth-order valence-corrected chi connectivity index (χ4v) is 1.81. The molecule has 2 aromatic rings. The molecule has 0 N–H and O–H groups in total. The molecular weight excluding hydrogens is 212 g/mol. The second-order valence-electron chi connectivity index (χ2n) is 3.50. The van der Waals surface area contributed by atoms with E-state index in [-0.39, 0.29) is 0 Å². The first-order valence-electron chi connectivity index (χ1n) is 4.85. The molecule has 2 heterocycles. The second-order valence-corrected chi connectivity index (χ2v) is 3.77. The van der Waals surface area contributed by atoms with Crippen LogP contribution in [0.5, 0.6) is 0 Å². The Morgan fingerprint density at radius 2 is 2.40 bits per heavy atom. The van der Waals surface area contributed by atoms with Gasteiger partial charge in [-0.25, -0.2) is 4.98 Å². The molecule has 0 aliphatic carbocycles. The van der Waals surface area contributed by atoms with E-state index in [0.717, 1.165) is 12.2 Å². The van der Waals surface area contributed by atoms with Crippen molar-refractivity contribution in [2.45, 2.75) is 25.4 Å². The van der Waals surface area contributed by atoms with Crippen LogP contribution in [0.25, 0.3) is 0 Å². The Kier molecular flexibility index (Phi) is 3.06. The van der Waals surface area contributed by atoms with Crippen LogP contribution in [0.3, 0.4) is 0 Å². The van der Waals surface area contributed by atoms with Crippen LogP contribution in [0, 0.1) is 0 Å². The van der Waals surface area contributed by atoms with Gasteiger partial charge in [0.1, 0.15) is 0 Å². The molecule has 2 aromatic heterocycles. The van der Waals surface area contributed by atoms with Crippen LogP contribution >= 0.6 is 11.6 Å². The monoisotopic (exact) mass is 224 g/mol. The molecule has 80 valence electrons. The van der Waals surface area contributed by atoms with Gasteiger partial charge < -0.3 is 4.57 Å². The van der Waals surface area contributed by atoms with Crippen LogP contribution in [0.4, 0.5) is 0 Å². The van der Waals surface area contributed by atoms with E-state index < -0.39 is 0 Å². The summed E-state index contributed by atoms with van der Waals surface area (Å²) in [5, 5.41) is 4.17. The Labute approximate surface area is 93.5 Å². The number of nitrogens with zero attached hydrogens (tertiary/aromatic N) is 4. The quantitative estimate of drug-likeness (QED) is 0.746. The first kappa shape index (κ1) is 10.2. The molecule has 0 saturated heterocycles. The third-order valence-electron chi connectivity index (χ3n) is 2.37. The number of halogens is 1. The molecular formula is C10H13ClN4. The number of imidazole rings is 1. The molecule has 0 aromatic carbocycles. The maximum absolute atomic E-state index is 5.82. The van der Waals surface area contributed by atoms with Crippen LogP contribution in [0.15, 0.2) is 31.0 Å². The topological polar surface area (TPSA) is 35.6 Å². The smallest absolute Gasteiger partial charge is 0.0951 e. The zero-order chi connectivity index (χ0) is 10.7. The first-order chi connectivity index (χ1) is 7.31. The van der Waals surface area contributed by atoms with E-state index >= 15 is 0 Å². The molecule has 0 saturated carbocycles. The highest BCUT2D eigenvalue weighted by molar-refractivity contribution is 6.16. The summed E-state index contributed by atoms with van der Waals surface area (Å²) in [6, 6.07) is 2.23. The molecule has 0 bridgehead atoms. The average Bonchev–Trinajstić information content (AvgIpc) is 2.86. The number of rotatable bonds is 4. The van der Waals surface area contributed by atoms with Gasteiger partial charge in [0.25, 0.3) is 0 Å². The van der Waals surface area contributed by atoms with Crippen LogP contribution in [0.1, 0.15) is 18.7 Å².